The van der Waals surface area contributed by atoms with Gasteiger partial charge in [0, 0.05) is 30.9 Å². The van der Waals surface area contributed by atoms with Crippen molar-refractivity contribution in [2.45, 2.75) is 19.4 Å². The zero-order valence-electron chi connectivity index (χ0n) is 16.5. The summed E-state index contributed by atoms with van der Waals surface area (Å²) in [6.07, 6.45) is -1.18. The minimum Gasteiger partial charge on any atom is -0.378 e. The number of fused-ring (bicyclic) bond motifs is 1. The number of rotatable bonds is 6. The van der Waals surface area contributed by atoms with Crippen molar-refractivity contribution in [3.05, 3.63) is 33.9 Å². The quantitative estimate of drug-likeness (QED) is 0.597. The Bertz CT molecular complexity index is 1040. The van der Waals surface area contributed by atoms with E-state index >= 15 is 0 Å². The van der Waals surface area contributed by atoms with Crippen LogP contribution in [0.1, 0.15) is 29.8 Å². The summed E-state index contributed by atoms with van der Waals surface area (Å²) < 4.78 is 45.7. The monoisotopic (exact) mass is 438 g/mol. The Labute approximate surface area is 175 Å². The van der Waals surface area contributed by atoms with E-state index < -0.39 is 23.8 Å². The van der Waals surface area contributed by atoms with Gasteiger partial charge in [-0.2, -0.15) is 4.98 Å². The molecule has 0 radical (unpaired) electrons. The second kappa shape index (κ2) is 8.60. The van der Waals surface area contributed by atoms with Crippen LogP contribution in [0.2, 0.25) is 0 Å². The number of morpholine rings is 1. The predicted octanol–water partition coefficient (Wildman–Crippen LogP) is 4.21. The average molecular weight is 438 g/mol. The van der Waals surface area contributed by atoms with Crippen LogP contribution in [0.4, 0.5) is 30.8 Å². The first-order chi connectivity index (χ1) is 14.5. The standard InChI is InChI=1S/C19H21F3N6OS/c1-10(16-15(20)12(9-30-16)17(21)22)25-18-11-7-14(28-3-5-29-6-4-28)24-8-13(11)26-19(23-2)27-18/h7-10,17H,3-6H2,1-2H3,(H2,23,25,26,27). The zero-order valence-corrected chi connectivity index (χ0v) is 17.3. The fraction of sp³-hybridized carbons (Fsp3) is 0.421. The molecule has 0 bridgehead atoms. The van der Waals surface area contributed by atoms with E-state index in [1.165, 1.54) is 0 Å². The molecule has 160 valence electrons. The van der Waals surface area contributed by atoms with Gasteiger partial charge in [0.15, 0.2) is 0 Å². The summed E-state index contributed by atoms with van der Waals surface area (Å²) in [7, 11) is 1.69. The molecule has 4 heterocycles. The summed E-state index contributed by atoms with van der Waals surface area (Å²) in [6, 6.07) is 1.31. The molecule has 0 amide bonds. The van der Waals surface area contributed by atoms with Crippen LogP contribution >= 0.6 is 11.3 Å². The molecule has 1 unspecified atom stereocenters. The summed E-state index contributed by atoms with van der Waals surface area (Å²) >= 11 is 0.962. The maximum absolute atomic E-state index is 14.4. The zero-order chi connectivity index (χ0) is 21.3. The number of nitrogens with zero attached hydrogens (tertiary/aromatic N) is 4. The second-order valence-electron chi connectivity index (χ2n) is 6.84. The third kappa shape index (κ3) is 3.99. The van der Waals surface area contributed by atoms with Crippen LogP contribution < -0.4 is 15.5 Å². The Morgan fingerprint density at radius 1 is 1.23 bits per heavy atom. The highest BCUT2D eigenvalue weighted by Crippen LogP contribution is 2.35. The molecular weight excluding hydrogens is 417 g/mol. The number of anilines is 3. The highest BCUT2D eigenvalue weighted by Gasteiger charge is 2.23. The van der Waals surface area contributed by atoms with Crippen molar-refractivity contribution in [3.8, 4) is 0 Å². The minimum absolute atomic E-state index is 0.200. The van der Waals surface area contributed by atoms with Gasteiger partial charge in [-0.05, 0) is 13.0 Å². The summed E-state index contributed by atoms with van der Waals surface area (Å²) in [5, 5.41) is 7.93. The molecule has 1 saturated heterocycles. The van der Waals surface area contributed by atoms with Crippen LogP contribution in [0.3, 0.4) is 0 Å². The number of pyridine rings is 1. The van der Waals surface area contributed by atoms with Gasteiger partial charge in [0.25, 0.3) is 6.43 Å². The van der Waals surface area contributed by atoms with Crippen molar-refractivity contribution in [2.24, 2.45) is 0 Å². The first-order valence-corrected chi connectivity index (χ1v) is 10.4. The normalized spacial score (nSPS) is 15.6. The Kier molecular flexibility index (Phi) is 5.91. The lowest BCUT2D eigenvalue weighted by atomic mass is 10.2. The largest absolute Gasteiger partial charge is 0.378 e. The fourth-order valence-corrected chi connectivity index (χ4v) is 4.24. The molecule has 1 fully saturated rings. The molecule has 0 saturated carbocycles. The van der Waals surface area contributed by atoms with Crippen molar-refractivity contribution < 1.29 is 17.9 Å². The lowest BCUT2D eigenvalue weighted by molar-refractivity contribution is 0.122. The van der Waals surface area contributed by atoms with E-state index in [-0.39, 0.29) is 4.88 Å². The average Bonchev–Trinajstić information content (AvgIpc) is 3.15. The molecule has 30 heavy (non-hydrogen) atoms. The Morgan fingerprint density at radius 3 is 2.67 bits per heavy atom. The van der Waals surface area contributed by atoms with Gasteiger partial charge in [-0.1, -0.05) is 0 Å². The predicted molar refractivity (Wildman–Crippen MR) is 111 cm³/mol. The van der Waals surface area contributed by atoms with E-state index in [0.29, 0.717) is 35.9 Å². The van der Waals surface area contributed by atoms with Crippen LogP contribution in [-0.4, -0.2) is 48.3 Å². The van der Waals surface area contributed by atoms with Gasteiger partial charge in [-0.3, -0.25) is 0 Å². The van der Waals surface area contributed by atoms with E-state index in [1.807, 2.05) is 6.07 Å². The number of aromatic nitrogens is 3. The number of ether oxygens (including phenoxy) is 1. The smallest absolute Gasteiger partial charge is 0.267 e. The Balaban J connectivity index is 1.70. The SMILES string of the molecule is CNc1nc(NC(C)c2scc(C(F)F)c2F)c2cc(N3CCOCC3)ncc2n1. The maximum atomic E-state index is 14.4. The lowest BCUT2D eigenvalue weighted by Crippen LogP contribution is -2.36. The highest BCUT2D eigenvalue weighted by molar-refractivity contribution is 7.10. The van der Waals surface area contributed by atoms with Crippen molar-refractivity contribution in [1.29, 1.82) is 0 Å². The summed E-state index contributed by atoms with van der Waals surface area (Å²) in [5.41, 5.74) is 0.0342. The van der Waals surface area contributed by atoms with Gasteiger partial charge >= 0.3 is 0 Å². The van der Waals surface area contributed by atoms with Crippen molar-refractivity contribution in [1.82, 2.24) is 15.0 Å². The van der Waals surface area contributed by atoms with Gasteiger partial charge in [0.1, 0.15) is 17.5 Å². The number of halogens is 3. The molecular formula is C19H21F3N6OS. The number of hydrogen-bond acceptors (Lipinski definition) is 8. The number of alkyl halides is 2. The first-order valence-electron chi connectivity index (χ1n) is 9.47. The first kappa shape index (κ1) is 20.6. The summed E-state index contributed by atoms with van der Waals surface area (Å²) in [5.74, 6) is 0.737. The molecule has 0 spiro atoms. The van der Waals surface area contributed by atoms with Gasteiger partial charge in [0.05, 0.1) is 41.4 Å². The van der Waals surface area contributed by atoms with Crippen LogP contribution in [0.15, 0.2) is 17.6 Å². The van der Waals surface area contributed by atoms with Crippen LogP contribution in [0.25, 0.3) is 10.9 Å². The molecule has 1 aliphatic heterocycles. The molecule has 2 N–H and O–H groups in total. The lowest BCUT2D eigenvalue weighted by Gasteiger charge is -2.28. The third-order valence-corrected chi connectivity index (χ3v) is 6.05. The van der Waals surface area contributed by atoms with Crippen LogP contribution in [-0.2, 0) is 4.74 Å². The van der Waals surface area contributed by atoms with Crippen LogP contribution in [0.5, 0.6) is 0 Å². The van der Waals surface area contributed by atoms with Gasteiger partial charge < -0.3 is 20.3 Å². The number of hydrogen-bond donors (Lipinski definition) is 2. The number of nitrogens with one attached hydrogen (secondary N) is 2. The van der Waals surface area contributed by atoms with Crippen molar-refractivity contribution >= 4 is 39.8 Å². The minimum atomic E-state index is -2.85. The van der Waals surface area contributed by atoms with Crippen molar-refractivity contribution in [3.63, 3.8) is 0 Å². The second-order valence-corrected chi connectivity index (χ2v) is 7.75. The fourth-order valence-electron chi connectivity index (χ4n) is 3.29. The molecule has 1 atom stereocenters. The van der Waals surface area contributed by atoms with E-state index in [2.05, 4.69) is 30.5 Å². The molecule has 0 aliphatic carbocycles. The van der Waals surface area contributed by atoms with Gasteiger partial charge in [-0.25, -0.2) is 23.1 Å². The molecule has 0 aromatic carbocycles. The van der Waals surface area contributed by atoms with E-state index in [0.717, 1.165) is 35.6 Å². The molecule has 4 rings (SSSR count). The maximum Gasteiger partial charge on any atom is 0.267 e. The van der Waals surface area contributed by atoms with Crippen LogP contribution in [0, 0.1) is 5.82 Å². The Hall–Kier alpha value is -2.66. The number of thiophene rings is 1. The van der Waals surface area contributed by atoms with Gasteiger partial charge in [0.2, 0.25) is 5.95 Å². The van der Waals surface area contributed by atoms with E-state index in [9.17, 15) is 13.2 Å². The highest BCUT2D eigenvalue weighted by atomic mass is 32.1. The molecule has 7 nitrogen and oxygen atoms in total. The molecule has 3 aromatic rings. The summed E-state index contributed by atoms with van der Waals surface area (Å²) in [6.45, 7) is 4.41. The van der Waals surface area contributed by atoms with Crippen molar-refractivity contribution in [2.75, 3.05) is 48.9 Å². The van der Waals surface area contributed by atoms with E-state index in [4.69, 9.17) is 4.74 Å². The molecule has 3 aromatic heterocycles. The molecule has 11 heteroatoms. The third-order valence-electron chi connectivity index (χ3n) is 4.89. The topological polar surface area (TPSA) is 75.2 Å². The van der Waals surface area contributed by atoms with E-state index in [1.54, 1.807) is 20.2 Å². The Morgan fingerprint density at radius 2 is 2.00 bits per heavy atom. The molecule has 1 aliphatic rings. The van der Waals surface area contributed by atoms with Gasteiger partial charge in [-0.15, -0.1) is 11.3 Å². The summed E-state index contributed by atoms with van der Waals surface area (Å²) in [4.78, 5) is 15.7.